The Kier molecular flexibility index (Phi) is 3.53. The number of rotatable bonds is 4. The molecule has 2 N–H and O–H groups in total. The van der Waals surface area contributed by atoms with Gasteiger partial charge in [-0.2, -0.15) is 5.10 Å². The van der Waals surface area contributed by atoms with Gasteiger partial charge in [-0.1, -0.05) is 0 Å². The first-order chi connectivity index (χ1) is 7.79. The zero-order chi connectivity index (χ0) is 11.4. The highest BCUT2D eigenvalue weighted by Gasteiger charge is 2.06. The molecule has 0 saturated heterocycles. The maximum Gasteiger partial charge on any atom is 0.189 e. The Hall–Kier alpha value is -1.40. The van der Waals surface area contributed by atoms with Gasteiger partial charge in [0.05, 0.1) is 0 Å². The van der Waals surface area contributed by atoms with Crippen LogP contribution in [0.3, 0.4) is 0 Å². The van der Waals surface area contributed by atoms with Crippen LogP contribution < -0.4 is 5.32 Å². The van der Waals surface area contributed by atoms with Gasteiger partial charge in [0.25, 0.3) is 0 Å². The summed E-state index contributed by atoms with van der Waals surface area (Å²) in [6.45, 7) is 2.11. The molecule has 1 unspecified atom stereocenters. The van der Waals surface area contributed by atoms with Gasteiger partial charge in [0.1, 0.15) is 11.4 Å². The van der Waals surface area contributed by atoms with E-state index >= 15 is 0 Å². The minimum absolute atomic E-state index is 0.317. The zero-order valence-electron chi connectivity index (χ0n) is 9.14. The summed E-state index contributed by atoms with van der Waals surface area (Å²) in [5.74, 6) is 0. The molecule has 2 aromatic heterocycles. The highest BCUT2D eigenvalue weighted by atomic mass is 32.2. The fraction of sp³-hybridized carbons (Fsp3) is 0.300. The molecule has 2 heterocycles. The van der Waals surface area contributed by atoms with Gasteiger partial charge in [-0.25, -0.2) is 9.97 Å². The highest BCUT2D eigenvalue weighted by Crippen LogP contribution is 2.24. The molecular formula is C10H13N5S. The molecule has 0 spiro atoms. The Morgan fingerprint density at radius 3 is 3.00 bits per heavy atom. The summed E-state index contributed by atoms with van der Waals surface area (Å²) in [6, 6.07) is 4.37. The summed E-state index contributed by atoms with van der Waals surface area (Å²) in [7, 11) is 1.94. The third-order valence-corrected chi connectivity index (χ3v) is 3.11. The Balaban J connectivity index is 2.16. The van der Waals surface area contributed by atoms with Gasteiger partial charge in [-0.15, -0.1) is 0 Å². The smallest absolute Gasteiger partial charge is 0.189 e. The fourth-order valence-electron chi connectivity index (χ4n) is 1.26. The lowest BCUT2D eigenvalue weighted by molar-refractivity contribution is 0.649. The van der Waals surface area contributed by atoms with Crippen molar-refractivity contribution in [3.63, 3.8) is 0 Å². The monoisotopic (exact) mass is 235 g/mol. The molecule has 6 heteroatoms. The van der Waals surface area contributed by atoms with E-state index in [2.05, 4.69) is 32.4 Å². The van der Waals surface area contributed by atoms with Gasteiger partial charge < -0.3 is 5.32 Å². The lowest BCUT2D eigenvalue weighted by Gasteiger charge is -2.10. The molecule has 0 aliphatic rings. The Morgan fingerprint density at radius 2 is 2.31 bits per heavy atom. The van der Waals surface area contributed by atoms with Gasteiger partial charge in [-0.3, -0.25) is 5.10 Å². The molecule has 1 atom stereocenters. The molecule has 0 bridgehead atoms. The van der Waals surface area contributed by atoms with E-state index in [-0.39, 0.29) is 0 Å². The lowest BCUT2D eigenvalue weighted by atomic mass is 10.1. The van der Waals surface area contributed by atoms with E-state index in [9.17, 15) is 0 Å². The van der Waals surface area contributed by atoms with Crippen molar-refractivity contribution in [1.82, 2.24) is 25.5 Å². The van der Waals surface area contributed by atoms with Crippen molar-refractivity contribution in [2.45, 2.75) is 23.1 Å². The first-order valence-electron chi connectivity index (χ1n) is 4.96. The second-order valence-electron chi connectivity index (χ2n) is 3.33. The van der Waals surface area contributed by atoms with Gasteiger partial charge in [-0.05, 0) is 43.4 Å². The van der Waals surface area contributed by atoms with Crippen LogP contribution in [-0.2, 0) is 0 Å². The van der Waals surface area contributed by atoms with Crippen LogP contribution in [0.25, 0.3) is 0 Å². The van der Waals surface area contributed by atoms with E-state index in [1.54, 1.807) is 0 Å². The summed E-state index contributed by atoms with van der Waals surface area (Å²) in [6.07, 6.45) is 3.30. The molecule has 0 aromatic carbocycles. The van der Waals surface area contributed by atoms with Crippen LogP contribution in [-0.4, -0.2) is 27.2 Å². The summed E-state index contributed by atoms with van der Waals surface area (Å²) in [4.78, 5) is 8.33. The van der Waals surface area contributed by atoms with Crippen molar-refractivity contribution < 1.29 is 0 Å². The van der Waals surface area contributed by atoms with E-state index < -0.39 is 0 Å². The number of aromatic amines is 1. The number of aromatic nitrogens is 4. The normalized spacial score (nSPS) is 12.6. The van der Waals surface area contributed by atoms with Crippen LogP contribution in [0.5, 0.6) is 0 Å². The molecule has 0 fully saturated rings. The summed E-state index contributed by atoms with van der Waals surface area (Å²) in [5.41, 5.74) is 1.21. The van der Waals surface area contributed by atoms with Crippen molar-refractivity contribution in [2.75, 3.05) is 7.05 Å². The Labute approximate surface area is 98.1 Å². The van der Waals surface area contributed by atoms with E-state index in [0.29, 0.717) is 6.04 Å². The second-order valence-corrected chi connectivity index (χ2v) is 4.34. The molecule has 0 radical (unpaired) electrons. The summed E-state index contributed by atoms with van der Waals surface area (Å²) in [5, 5.41) is 11.4. The zero-order valence-corrected chi connectivity index (χ0v) is 9.95. The van der Waals surface area contributed by atoms with Crippen molar-refractivity contribution in [2.24, 2.45) is 0 Å². The van der Waals surface area contributed by atoms with E-state index in [4.69, 9.17) is 0 Å². The van der Waals surface area contributed by atoms with Crippen LogP contribution in [0.1, 0.15) is 18.5 Å². The van der Waals surface area contributed by atoms with Gasteiger partial charge in [0.2, 0.25) is 0 Å². The Bertz CT molecular complexity index is 442. The standard InChI is InChI=1S/C10H13N5S/c1-7(11-2)8-3-4-12-9(5-8)16-10-13-6-14-15-10/h3-7,11H,1-2H3,(H,13,14,15). The van der Waals surface area contributed by atoms with Crippen LogP contribution in [0.15, 0.2) is 34.8 Å². The average Bonchev–Trinajstić information content (AvgIpc) is 2.81. The Morgan fingerprint density at radius 1 is 1.44 bits per heavy atom. The van der Waals surface area contributed by atoms with Crippen molar-refractivity contribution in [3.05, 3.63) is 30.2 Å². The second kappa shape index (κ2) is 5.09. The first kappa shape index (κ1) is 11.1. The molecular weight excluding hydrogens is 222 g/mol. The number of nitrogens with zero attached hydrogens (tertiary/aromatic N) is 3. The quantitative estimate of drug-likeness (QED) is 0.843. The number of nitrogens with one attached hydrogen (secondary N) is 2. The maximum absolute atomic E-state index is 4.28. The molecule has 16 heavy (non-hydrogen) atoms. The topological polar surface area (TPSA) is 66.5 Å². The van der Waals surface area contributed by atoms with Gasteiger partial charge >= 0.3 is 0 Å². The number of hydrogen-bond acceptors (Lipinski definition) is 5. The number of H-pyrrole nitrogens is 1. The van der Waals surface area contributed by atoms with Crippen molar-refractivity contribution in [1.29, 1.82) is 0 Å². The summed E-state index contributed by atoms with van der Waals surface area (Å²) < 4.78 is 0. The third kappa shape index (κ3) is 2.59. The SMILES string of the molecule is CNC(C)c1ccnc(Sc2ncn[nH]2)c1. The predicted octanol–water partition coefficient (Wildman–Crippen LogP) is 1.63. The van der Waals surface area contributed by atoms with Crippen LogP contribution in [0.2, 0.25) is 0 Å². The van der Waals surface area contributed by atoms with Crippen LogP contribution in [0, 0.1) is 0 Å². The molecule has 2 rings (SSSR count). The fourth-order valence-corrected chi connectivity index (χ4v) is 1.96. The summed E-state index contributed by atoms with van der Waals surface area (Å²) >= 11 is 1.47. The van der Waals surface area contributed by atoms with E-state index in [0.717, 1.165) is 10.2 Å². The molecule has 0 aliphatic heterocycles. The van der Waals surface area contributed by atoms with Crippen molar-refractivity contribution in [3.8, 4) is 0 Å². The molecule has 84 valence electrons. The molecule has 5 nitrogen and oxygen atoms in total. The maximum atomic E-state index is 4.28. The van der Waals surface area contributed by atoms with Crippen LogP contribution in [0.4, 0.5) is 0 Å². The largest absolute Gasteiger partial charge is 0.313 e. The van der Waals surface area contributed by atoms with Crippen LogP contribution >= 0.6 is 11.8 Å². The van der Waals surface area contributed by atoms with E-state index in [1.807, 2.05) is 25.4 Å². The molecule has 2 aromatic rings. The third-order valence-electron chi connectivity index (χ3n) is 2.29. The first-order valence-corrected chi connectivity index (χ1v) is 5.77. The number of pyridine rings is 1. The lowest BCUT2D eigenvalue weighted by Crippen LogP contribution is -2.12. The minimum atomic E-state index is 0.317. The van der Waals surface area contributed by atoms with Gasteiger partial charge in [0.15, 0.2) is 5.16 Å². The molecule has 0 saturated carbocycles. The van der Waals surface area contributed by atoms with E-state index in [1.165, 1.54) is 23.7 Å². The predicted molar refractivity (Wildman–Crippen MR) is 62.2 cm³/mol. The minimum Gasteiger partial charge on any atom is -0.313 e. The highest BCUT2D eigenvalue weighted by molar-refractivity contribution is 7.99. The average molecular weight is 235 g/mol. The van der Waals surface area contributed by atoms with Gasteiger partial charge in [0, 0.05) is 12.2 Å². The number of hydrogen-bond donors (Lipinski definition) is 2. The molecule has 0 amide bonds. The molecule has 0 aliphatic carbocycles. The van der Waals surface area contributed by atoms with Crippen molar-refractivity contribution >= 4 is 11.8 Å².